The zero-order valence-electron chi connectivity index (χ0n) is 11.3. The fourth-order valence-corrected chi connectivity index (χ4v) is 3.55. The fraction of sp³-hybridized carbons (Fsp3) is 0.769. The molecule has 116 valence electrons. The van der Waals surface area contributed by atoms with Crippen LogP contribution in [0.15, 0.2) is 4.52 Å². The number of nitrogens with zero attached hydrogens (tertiary/aromatic N) is 2. The van der Waals surface area contributed by atoms with Gasteiger partial charge in [-0.1, -0.05) is 11.6 Å². The minimum absolute atomic E-state index is 0.164. The number of halogens is 3. The first-order chi connectivity index (χ1) is 9.91. The predicted octanol–water partition coefficient (Wildman–Crippen LogP) is 2.53. The van der Waals surface area contributed by atoms with E-state index < -0.39 is 12.0 Å². The van der Waals surface area contributed by atoms with Crippen molar-refractivity contribution >= 4 is 5.91 Å². The highest BCUT2D eigenvalue weighted by molar-refractivity contribution is 5.76. The standard InChI is InChI=1S/C13H16F3N3O2/c14-13(15,16)12-18-11(21-19-12)6-17-10(20)5-9-4-7-1-2-8(9)3-7/h7-9H,1-6H2,(H,17,20). The second-order valence-corrected chi connectivity index (χ2v) is 5.93. The van der Waals surface area contributed by atoms with E-state index in [-0.39, 0.29) is 18.3 Å². The van der Waals surface area contributed by atoms with Crippen LogP contribution in [0.5, 0.6) is 0 Å². The summed E-state index contributed by atoms with van der Waals surface area (Å²) < 4.78 is 41.3. The summed E-state index contributed by atoms with van der Waals surface area (Å²) in [5.41, 5.74) is 0. The van der Waals surface area contributed by atoms with E-state index in [9.17, 15) is 18.0 Å². The lowest BCUT2D eigenvalue weighted by atomic mass is 9.86. The Hall–Kier alpha value is -1.60. The maximum atomic E-state index is 12.3. The number of alkyl halides is 3. The molecule has 2 aliphatic rings. The topological polar surface area (TPSA) is 68.0 Å². The molecule has 0 spiro atoms. The molecule has 0 radical (unpaired) electrons. The summed E-state index contributed by atoms with van der Waals surface area (Å²) in [6, 6.07) is 0. The molecule has 3 rings (SSSR count). The molecule has 2 bridgehead atoms. The van der Waals surface area contributed by atoms with Gasteiger partial charge in [0.15, 0.2) is 0 Å². The molecular formula is C13H16F3N3O2. The molecular weight excluding hydrogens is 287 g/mol. The van der Waals surface area contributed by atoms with Gasteiger partial charge in [-0.25, -0.2) is 0 Å². The van der Waals surface area contributed by atoms with Crippen LogP contribution in [-0.2, 0) is 17.5 Å². The molecule has 1 heterocycles. The van der Waals surface area contributed by atoms with Gasteiger partial charge >= 0.3 is 6.18 Å². The monoisotopic (exact) mass is 303 g/mol. The van der Waals surface area contributed by atoms with Crippen LogP contribution in [0.3, 0.4) is 0 Å². The Morgan fingerprint density at radius 1 is 1.33 bits per heavy atom. The first-order valence-electron chi connectivity index (χ1n) is 7.08. The molecule has 2 saturated carbocycles. The van der Waals surface area contributed by atoms with Crippen molar-refractivity contribution in [2.75, 3.05) is 0 Å². The summed E-state index contributed by atoms with van der Waals surface area (Å²) in [6.45, 7) is -0.164. The number of hydrogen-bond donors (Lipinski definition) is 1. The SMILES string of the molecule is O=C(CC1CC2CCC1C2)NCc1nc(C(F)(F)F)no1. The molecule has 3 unspecified atom stereocenters. The van der Waals surface area contributed by atoms with Gasteiger partial charge in [-0.05, 0) is 37.0 Å². The summed E-state index contributed by atoms with van der Waals surface area (Å²) in [6.07, 6.45) is 0.579. The highest BCUT2D eigenvalue weighted by Gasteiger charge is 2.40. The number of carbonyl (C=O) groups is 1. The maximum Gasteiger partial charge on any atom is 0.455 e. The van der Waals surface area contributed by atoms with Crippen LogP contribution in [-0.4, -0.2) is 16.0 Å². The summed E-state index contributed by atoms with van der Waals surface area (Å²) in [5.74, 6) is 0.0963. The lowest BCUT2D eigenvalue weighted by molar-refractivity contribution is -0.146. The van der Waals surface area contributed by atoms with Crippen molar-refractivity contribution < 1.29 is 22.5 Å². The van der Waals surface area contributed by atoms with Crippen molar-refractivity contribution in [1.82, 2.24) is 15.5 Å². The zero-order chi connectivity index (χ0) is 15.0. The smallest absolute Gasteiger partial charge is 0.347 e. The quantitative estimate of drug-likeness (QED) is 0.928. The van der Waals surface area contributed by atoms with Crippen molar-refractivity contribution in [2.45, 2.75) is 44.8 Å². The van der Waals surface area contributed by atoms with Gasteiger partial charge in [-0.2, -0.15) is 18.2 Å². The minimum Gasteiger partial charge on any atom is -0.347 e. The van der Waals surface area contributed by atoms with E-state index in [0.29, 0.717) is 18.3 Å². The Morgan fingerprint density at radius 2 is 2.14 bits per heavy atom. The van der Waals surface area contributed by atoms with E-state index >= 15 is 0 Å². The van der Waals surface area contributed by atoms with Crippen LogP contribution >= 0.6 is 0 Å². The van der Waals surface area contributed by atoms with Gasteiger partial charge in [-0.15, -0.1) is 0 Å². The molecule has 1 amide bonds. The van der Waals surface area contributed by atoms with Crippen molar-refractivity contribution in [2.24, 2.45) is 17.8 Å². The van der Waals surface area contributed by atoms with Crippen molar-refractivity contribution in [3.8, 4) is 0 Å². The summed E-state index contributed by atoms with van der Waals surface area (Å²) >= 11 is 0. The molecule has 8 heteroatoms. The second kappa shape index (κ2) is 5.31. The number of nitrogens with one attached hydrogen (secondary N) is 1. The van der Waals surface area contributed by atoms with Gasteiger partial charge in [0.1, 0.15) is 0 Å². The molecule has 0 saturated heterocycles. The van der Waals surface area contributed by atoms with Gasteiger partial charge in [0.25, 0.3) is 5.82 Å². The third-order valence-electron chi connectivity index (χ3n) is 4.49. The minimum atomic E-state index is -4.63. The second-order valence-electron chi connectivity index (χ2n) is 5.93. The molecule has 5 nitrogen and oxygen atoms in total. The van der Waals surface area contributed by atoms with Crippen LogP contribution in [0, 0.1) is 17.8 Å². The van der Waals surface area contributed by atoms with Gasteiger partial charge < -0.3 is 9.84 Å². The molecule has 21 heavy (non-hydrogen) atoms. The van der Waals surface area contributed by atoms with E-state index in [4.69, 9.17) is 0 Å². The highest BCUT2D eigenvalue weighted by atomic mass is 19.4. The Labute approximate surface area is 119 Å². The highest BCUT2D eigenvalue weighted by Crippen LogP contribution is 2.49. The Balaban J connectivity index is 1.46. The van der Waals surface area contributed by atoms with E-state index in [1.54, 1.807) is 0 Å². The third kappa shape index (κ3) is 3.19. The van der Waals surface area contributed by atoms with Crippen LogP contribution in [0.25, 0.3) is 0 Å². The molecule has 0 aliphatic heterocycles. The van der Waals surface area contributed by atoms with Crippen LogP contribution in [0.2, 0.25) is 0 Å². The van der Waals surface area contributed by atoms with E-state index in [2.05, 4.69) is 20.0 Å². The van der Waals surface area contributed by atoms with Crippen molar-refractivity contribution in [3.05, 3.63) is 11.7 Å². The average molecular weight is 303 g/mol. The first kappa shape index (κ1) is 14.3. The lowest BCUT2D eigenvalue weighted by Gasteiger charge is -2.20. The molecule has 2 aliphatic carbocycles. The molecule has 1 aromatic rings. The summed E-state index contributed by atoms with van der Waals surface area (Å²) in [4.78, 5) is 15.0. The van der Waals surface area contributed by atoms with Crippen molar-refractivity contribution in [1.29, 1.82) is 0 Å². The summed E-state index contributed by atoms with van der Waals surface area (Å²) in [5, 5.41) is 5.38. The predicted molar refractivity (Wildman–Crippen MR) is 64.7 cm³/mol. The maximum absolute atomic E-state index is 12.3. The normalized spacial score (nSPS) is 28.0. The Morgan fingerprint density at radius 3 is 2.71 bits per heavy atom. The van der Waals surface area contributed by atoms with Gasteiger partial charge in [0.2, 0.25) is 11.8 Å². The number of carbonyl (C=O) groups excluding carboxylic acids is 1. The number of rotatable bonds is 4. The number of amides is 1. The average Bonchev–Trinajstić information content (AvgIpc) is 3.11. The molecule has 1 N–H and O–H groups in total. The van der Waals surface area contributed by atoms with Crippen LogP contribution < -0.4 is 5.32 Å². The first-order valence-corrected chi connectivity index (χ1v) is 7.08. The lowest BCUT2D eigenvalue weighted by Crippen LogP contribution is -2.27. The zero-order valence-corrected chi connectivity index (χ0v) is 11.3. The van der Waals surface area contributed by atoms with Crippen LogP contribution in [0.4, 0.5) is 13.2 Å². The molecule has 2 fully saturated rings. The van der Waals surface area contributed by atoms with E-state index in [0.717, 1.165) is 12.3 Å². The van der Waals surface area contributed by atoms with E-state index in [1.807, 2.05) is 0 Å². The largest absolute Gasteiger partial charge is 0.455 e. The third-order valence-corrected chi connectivity index (χ3v) is 4.49. The Bertz CT molecular complexity index is 529. The van der Waals surface area contributed by atoms with Gasteiger partial charge in [0.05, 0.1) is 6.54 Å². The summed E-state index contributed by atoms with van der Waals surface area (Å²) in [7, 11) is 0. The Kier molecular flexibility index (Phi) is 3.62. The number of fused-ring (bicyclic) bond motifs is 2. The van der Waals surface area contributed by atoms with Crippen molar-refractivity contribution in [3.63, 3.8) is 0 Å². The molecule has 0 aromatic carbocycles. The van der Waals surface area contributed by atoms with E-state index in [1.165, 1.54) is 19.3 Å². The number of hydrogen-bond acceptors (Lipinski definition) is 4. The fourth-order valence-electron chi connectivity index (χ4n) is 3.55. The van der Waals surface area contributed by atoms with Gasteiger partial charge in [0, 0.05) is 6.42 Å². The van der Waals surface area contributed by atoms with Crippen LogP contribution in [0.1, 0.15) is 43.8 Å². The van der Waals surface area contributed by atoms with Gasteiger partial charge in [-0.3, -0.25) is 4.79 Å². The number of aromatic nitrogens is 2. The molecule has 1 aromatic heterocycles. The molecule has 3 atom stereocenters.